The number of hydrogen-bond donors (Lipinski definition) is 1. The van der Waals surface area contributed by atoms with Gasteiger partial charge in [0.1, 0.15) is 6.61 Å². The summed E-state index contributed by atoms with van der Waals surface area (Å²) in [5.74, 6) is 0.145. The van der Waals surface area contributed by atoms with Crippen LogP contribution in [0.4, 0.5) is 4.39 Å². The second kappa shape index (κ2) is 19.4. The van der Waals surface area contributed by atoms with Crippen LogP contribution in [0.1, 0.15) is 11.1 Å². The Morgan fingerprint density at radius 3 is 1.70 bits per heavy atom. The van der Waals surface area contributed by atoms with Gasteiger partial charge in [0.25, 0.3) is 0 Å². The van der Waals surface area contributed by atoms with Crippen LogP contribution >= 0.6 is 31.9 Å². The van der Waals surface area contributed by atoms with Crippen LogP contribution in [0, 0.1) is 5.95 Å². The van der Waals surface area contributed by atoms with Gasteiger partial charge in [-0.3, -0.25) is 0 Å². The van der Waals surface area contributed by atoms with E-state index in [0.717, 1.165) is 15.6 Å². The molecular weight excluding hydrogens is 607 g/mol. The summed E-state index contributed by atoms with van der Waals surface area (Å²) in [7, 11) is 0. The van der Waals surface area contributed by atoms with Crippen LogP contribution in [0.5, 0.6) is 5.88 Å². The first-order valence-corrected chi connectivity index (χ1v) is 13.0. The number of halogens is 3. The number of pyridine rings is 2. The molecule has 2 heterocycles. The lowest BCUT2D eigenvalue weighted by Crippen LogP contribution is -2.07. The maximum Gasteiger partial charge on any atom is 0.214 e. The van der Waals surface area contributed by atoms with E-state index in [1.165, 1.54) is 12.3 Å². The van der Waals surface area contributed by atoms with E-state index in [1.807, 2.05) is 72.8 Å². The molecule has 37 heavy (non-hydrogen) atoms. The maximum absolute atomic E-state index is 12.0. The minimum absolute atomic E-state index is 0.0901. The second-order valence-electron chi connectivity index (χ2n) is 7.26. The molecule has 0 atom stereocenters. The fourth-order valence-electron chi connectivity index (χ4n) is 2.64. The van der Waals surface area contributed by atoms with E-state index >= 15 is 0 Å². The van der Waals surface area contributed by atoms with Gasteiger partial charge >= 0.3 is 0 Å². The number of rotatable bonds is 10. The standard InChI is InChI=1S/C14H14BrNO2.C9H12O2.C5H3BrFN/c15-13-6-7-16-14(10-13)18-9-8-17-11-12-4-2-1-3-5-12;10-6-7-11-8-9-4-2-1-3-5-9;6-4-1-2-8-5(7)3-4/h1-7,10H,8-9,11H2;1-5,10H,6-8H2;1-3H. The zero-order chi connectivity index (χ0) is 26.6. The fraction of sp³-hybridized carbons (Fsp3) is 0.214. The zero-order valence-electron chi connectivity index (χ0n) is 20.2. The Balaban J connectivity index is 0.000000215. The third-order valence-electron chi connectivity index (χ3n) is 4.32. The average molecular weight is 636 g/mol. The van der Waals surface area contributed by atoms with E-state index in [-0.39, 0.29) is 6.61 Å². The molecule has 6 nitrogen and oxygen atoms in total. The van der Waals surface area contributed by atoms with Crippen molar-refractivity contribution < 1.29 is 23.7 Å². The predicted molar refractivity (Wildman–Crippen MR) is 149 cm³/mol. The molecule has 0 bridgehead atoms. The van der Waals surface area contributed by atoms with Crippen molar-refractivity contribution in [3.63, 3.8) is 0 Å². The molecule has 2 aromatic carbocycles. The summed E-state index contributed by atoms with van der Waals surface area (Å²) in [6.45, 7) is 2.73. The number of benzene rings is 2. The molecule has 0 radical (unpaired) electrons. The van der Waals surface area contributed by atoms with Crippen molar-refractivity contribution in [2.24, 2.45) is 0 Å². The molecule has 2 aromatic heterocycles. The summed E-state index contributed by atoms with van der Waals surface area (Å²) in [6.07, 6.45) is 3.10. The highest BCUT2D eigenvalue weighted by Gasteiger charge is 1.97. The van der Waals surface area contributed by atoms with Crippen molar-refractivity contribution in [1.29, 1.82) is 0 Å². The second-order valence-corrected chi connectivity index (χ2v) is 9.09. The van der Waals surface area contributed by atoms with Crippen molar-refractivity contribution in [3.05, 3.63) is 123 Å². The summed E-state index contributed by atoms with van der Waals surface area (Å²) in [4.78, 5) is 7.43. The van der Waals surface area contributed by atoms with Gasteiger partial charge in [0, 0.05) is 33.5 Å². The molecule has 0 aliphatic rings. The molecule has 0 saturated carbocycles. The van der Waals surface area contributed by atoms with Gasteiger partial charge in [-0.15, -0.1) is 0 Å². The number of aromatic nitrogens is 2. The molecule has 0 amide bonds. The van der Waals surface area contributed by atoms with Crippen molar-refractivity contribution in [1.82, 2.24) is 9.97 Å². The Morgan fingerprint density at radius 1 is 0.676 bits per heavy atom. The third-order valence-corrected chi connectivity index (χ3v) is 5.31. The highest BCUT2D eigenvalue weighted by Crippen LogP contribution is 2.14. The van der Waals surface area contributed by atoms with Gasteiger partial charge < -0.3 is 19.3 Å². The molecule has 196 valence electrons. The molecule has 0 saturated heterocycles. The molecule has 1 N–H and O–H groups in total. The van der Waals surface area contributed by atoms with Crippen LogP contribution in [0.2, 0.25) is 0 Å². The molecule has 0 unspecified atom stereocenters. The summed E-state index contributed by atoms with van der Waals surface area (Å²) in [5, 5.41) is 8.42. The highest BCUT2D eigenvalue weighted by atomic mass is 79.9. The Morgan fingerprint density at radius 2 is 1.22 bits per heavy atom. The lowest BCUT2D eigenvalue weighted by molar-refractivity contribution is 0.0815. The quantitative estimate of drug-likeness (QED) is 0.156. The highest BCUT2D eigenvalue weighted by molar-refractivity contribution is 9.10. The molecule has 0 aliphatic carbocycles. The number of nitrogens with zero attached hydrogens (tertiary/aromatic N) is 2. The van der Waals surface area contributed by atoms with Gasteiger partial charge in [-0.05, 0) is 23.3 Å². The van der Waals surface area contributed by atoms with Gasteiger partial charge in [-0.1, -0.05) is 92.5 Å². The van der Waals surface area contributed by atoms with Crippen molar-refractivity contribution in [3.8, 4) is 5.88 Å². The van der Waals surface area contributed by atoms with E-state index in [4.69, 9.17) is 19.3 Å². The monoisotopic (exact) mass is 634 g/mol. The third kappa shape index (κ3) is 15.2. The topological polar surface area (TPSA) is 73.7 Å². The molecular formula is C28H29Br2FN2O4. The summed E-state index contributed by atoms with van der Waals surface area (Å²) >= 11 is 6.45. The van der Waals surface area contributed by atoms with Gasteiger partial charge in [-0.2, -0.15) is 4.39 Å². The van der Waals surface area contributed by atoms with E-state index < -0.39 is 5.95 Å². The normalized spacial score (nSPS) is 9.95. The van der Waals surface area contributed by atoms with Crippen molar-refractivity contribution in [2.45, 2.75) is 13.2 Å². The predicted octanol–water partition coefficient (Wildman–Crippen LogP) is 6.62. The minimum Gasteiger partial charge on any atom is -0.475 e. The Hall–Kier alpha value is -2.69. The van der Waals surface area contributed by atoms with E-state index in [1.54, 1.807) is 12.3 Å². The van der Waals surface area contributed by atoms with E-state index in [0.29, 0.717) is 43.4 Å². The van der Waals surface area contributed by atoms with E-state index in [9.17, 15) is 4.39 Å². The van der Waals surface area contributed by atoms with Gasteiger partial charge in [0.05, 0.1) is 33.0 Å². The number of aliphatic hydroxyl groups excluding tert-OH is 1. The van der Waals surface area contributed by atoms with Gasteiger partial charge in [-0.25, -0.2) is 9.97 Å². The average Bonchev–Trinajstić information content (AvgIpc) is 2.91. The Bertz CT molecular complexity index is 1110. The molecule has 4 rings (SSSR count). The van der Waals surface area contributed by atoms with E-state index in [2.05, 4.69) is 41.8 Å². The van der Waals surface area contributed by atoms with Crippen molar-refractivity contribution >= 4 is 31.9 Å². The molecule has 0 aliphatic heterocycles. The Kier molecular flexibility index (Phi) is 16.0. The fourth-order valence-corrected chi connectivity index (χ4v) is 3.26. The summed E-state index contributed by atoms with van der Waals surface area (Å²) < 4.78 is 29.8. The SMILES string of the molecule is Brc1ccnc(OCCOCc2ccccc2)c1.Fc1cc(Br)ccn1.OCCOCc1ccccc1. The molecule has 9 heteroatoms. The van der Waals surface area contributed by atoms with Crippen LogP contribution in [0.3, 0.4) is 0 Å². The molecule has 0 fully saturated rings. The number of hydrogen-bond acceptors (Lipinski definition) is 6. The first-order chi connectivity index (χ1) is 18.1. The van der Waals surface area contributed by atoms with Crippen LogP contribution in [-0.4, -0.2) is 41.5 Å². The van der Waals surface area contributed by atoms with Crippen LogP contribution in [0.25, 0.3) is 0 Å². The lowest BCUT2D eigenvalue weighted by Gasteiger charge is -2.06. The molecule has 4 aromatic rings. The zero-order valence-corrected chi connectivity index (χ0v) is 23.4. The van der Waals surface area contributed by atoms with Crippen molar-refractivity contribution in [2.75, 3.05) is 26.4 Å². The lowest BCUT2D eigenvalue weighted by atomic mass is 10.2. The largest absolute Gasteiger partial charge is 0.475 e. The summed E-state index contributed by atoms with van der Waals surface area (Å²) in [5.41, 5.74) is 2.30. The molecule has 0 spiro atoms. The first kappa shape index (κ1) is 30.5. The Labute approximate surface area is 233 Å². The van der Waals surface area contributed by atoms with Gasteiger partial charge in [0.15, 0.2) is 0 Å². The minimum atomic E-state index is -0.459. The smallest absolute Gasteiger partial charge is 0.214 e. The number of ether oxygens (including phenoxy) is 3. The first-order valence-electron chi connectivity index (χ1n) is 11.4. The maximum atomic E-state index is 12.0. The van der Waals surface area contributed by atoms with Crippen LogP contribution < -0.4 is 4.74 Å². The van der Waals surface area contributed by atoms with Gasteiger partial charge in [0.2, 0.25) is 11.8 Å². The summed E-state index contributed by atoms with van der Waals surface area (Å²) in [6, 6.07) is 26.6. The van der Waals surface area contributed by atoms with Crippen LogP contribution in [-0.2, 0) is 22.7 Å². The van der Waals surface area contributed by atoms with Crippen LogP contribution in [0.15, 0.2) is 106 Å². The number of aliphatic hydroxyl groups is 1.